The summed E-state index contributed by atoms with van der Waals surface area (Å²) in [7, 11) is 0. The zero-order valence-electron chi connectivity index (χ0n) is 15.5. The number of hydrogen-bond acceptors (Lipinski definition) is 4. The number of likely N-dealkylation sites (tertiary alicyclic amines) is 1. The maximum atomic E-state index is 12.8. The molecule has 6 heteroatoms. The molecule has 0 radical (unpaired) electrons. The average molecular weight is 361 g/mol. The number of rotatable bonds is 4. The van der Waals surface area contributed by atoms with Crippen LogP contribution >= 0.6 is 0 Å². The van der Waals surface area contributed by atoms with Gasteiger partial charge >= 0.3 is 0 Å². The van der Waals surface area contributed by atoms with Crippen molar-refractivity contribution in [1.82, 2.24) is 24.4 Å². The molecule has 138 valence electrons. The van der Waals surface area contributed by atoms with E-state index in [1.807, 2.05) is 52.2 Å². The predicted molar refractivity (Wildman–Crippen MR) is 103 cm³/mol. The average Bonchev–Trinajstić information content (AvgIpc) is 3.23. The molecule has 3 heterocycles. The first kappa shape index (κ1) is 17.4. The number of piperidine rings is 1. The Morgan fingerprint density at radius 3 is 2.89 bits per heavy atom. The summed E-state index contributed by atoms with van der Waals surface area (Å²) in [5, 5.41) is 0. The van der Waals surface area contributed by atoms with Crippen molar-refractivity contribution in [3.63, 3.8) is 0 Å². The summed E-state index contributed by atoms with van der Waals surface area (Å²) >= 11 is 0. The SMILES string of the molecule is CCc1nccn1-c1cncc([C@@H]2CCCN(C(=O)c3ccccc3)C2)n1. The summed E-state index contributed by atoms with van der Waals surface area (Å²) in [5.41, 5.74) is 1.68. The Kier molecular flexibility index (Phi) is 4.96. The van der Waals surface area contributed by atoms with E-state index >= 15 is 0 Å². The highest BCUT2D eigenvalue weighted by molar-refractivity contribution is 5.94. The smallest absolute Gasteiger partial charge is 0.253 e. The second-order valence-corrected chi connectivity index (χ2v) is 6.83. The van der Waals surface area contributed by atoms with Crippen LogP contribution in [0, 0.1) is 0 Å². The van der Waals surface area contributed by atoms with Crippen LogP contribution in [0.2, 0.25) is 0 Å². The molecule has 27 heavy (non-hydrogen) atoms. The summed E-state index contributed by atoms with van der Waals surface area (Å²) < 4.78 is 1.98. The molecule has 0 bridgehead atoms. The Labute approximate surface area is 158 Å². The monoisotopic (exact) mass is 361 g/mol. The molecule has 0 saturated carbocycles. The largest absolute Gasteiger partial charge is 0.338 e. The molecule has 0 spiro atoms. The second-order valence-electron chi connectivity index (χ2n) is 6.83. The number of amides is 1. The lowest BCUT2D eigenvalue weighted by atomic mass is 9.94. The lowest BCUT2D eigenvalue weighted by Gasteiger charge is -2.32. The number of aromatic nitrogens is 4. The van der Waals surface area contributed by atoms with Crippen molar-refractivity contribution in [3.05, 3.63) is 72.2 Å². The van der Waals surface area contributed by atoms with Crippen molar-refractivity contribution >= 4 is 5.91 Å². The molecule has 1 saturated heterocycles. The number of nitrogens with zero attached hydrogens (tertiary/aromatic N) is 5. The number of benzene rings is 1. The predicted octanol–water partition coefficient (Wildman–Crippen LogP) is 3.24. The number of carbonyl (C=O) groups excluding carboxylic acids is 1. The lowest BCUT2D eigenvalue weighted by Crippen LogP contribution is -2.39. The van der Waals surface area contributed by atoms with Gasteiger partial charge in [0.05, 0.1) is 11.9 Å². The fraction of sp³-hybridized carbons (Fsp3) is 0.333. The highest BCUT2D eigenvalue weighted by Crippen LogP contribution is 2.27. The molecule has 1 aliphatic rings. The van der Waals surface area contributed by atoms with Crippen LogP contribution in [-0.2, 0) is 6.42 Å². The zero-order chi connectivity index (χ0) is 18.6. The fourth-order valence-corrected chi connectivity index (χ4v) is 3.65. The first-order chi connectivity index (χ1) is 13.3. The quantitative estimate of drug-likeness (QED) is 0.716. The van der Waals surface area contributed by atoms with Gasteiger partial charge in [-0.05, 0) is 25.0 Å². The van der Waals surface area contributed by atoms with Crippen molar-refractivity contribution in [1.29, 1.82) is 0 Å². The van der Waals surface area contributed by atoms with Crippen LogP contribution < -0.4 is 0 Å². The molecular formula is C21H23N5O. The van der Waals surface area contributed by atoms with E-state index in [1.54, 1.807) is 12.4 Å². The van der Waals surface area contributed by atoms with Gasteiger partial charge in [0.15, 0.2) is 5.82 Å². The van der Waals surface area contributed by atoms with Gasteiger partial charge in [0.2, 0.25) is 0 Å². The minimum atomic E-state index is 0.0901. The van der Waals surface area contributed by atoms with Gasteiger partial charge in [0.1, 0.15) is 5.82 Å². The molecule has 0 unspecified atom stereocenters. The summed E-state index contributed by atoms with van der Waals surface area (Å²) in [6.45, 7) is 3.54. The Hall–Kier alpha value is -3.02. The molecule has 3 aromatic rings. The van der Waals surface area contributed by atoms with E-state index in [0.717, 1.165) is 48.7 Å². The minimum absolute atomic E-state index is 0.0901. The van der Waals surface area contributed by atoms with Gasteiger partial charge in [0.25, 0.3) is 5.91 Å². The fourth-order valence-electron chi connectivity index (χ4n) is 3.65. The lowest BCUT2D eigenvalue weighted by molar-refractivity contribution is 0.0706. The molecule has 1 atom stereocenters. The first-order valence-corrected chi connectivity index (χ1v) is 9.45. The molecule has 1 amide bonds. The Balaban J connectivity index is 1.55. The molecule has 0 N–H and O–H groups in total. The molecule has 1 aromatic carbocycles. The van der Waals surface area contributed by atoms with E-state index in [-0.39, 0.29) is 11.8 Å². The molecule has 1 fully saturated rings. The summed E-state index contributed by atoms with van der Waals surface area (Å²) in [5.74, 6) is 2.04. The topological polar surface area (TPSA) is 63.9 Å². The number of hydrogen-bond donors (Lipinski definition) is 0. The maximum Gasteiger partial charge on any atom is 0.253 e. The molecule has 1 aliphatic heterocycles. The standard InChI is InChI=1S/C21H23N5O/c1-2-19-23-10-12-26(19)20-14-22-13-18(24-20)17-9-6-11-25(15-17)21(27)16-7-4-3-5-8-16/h3-5,7-8,10,12-14,17H,2,6,9,11,15H2,1H3/t17-/m1/s1. The number of aryl methyl sites for hydroxylation is 1. The van der Waals surface area contributed by atoms with Gasteiger partial charge < -0.3 is 4.90 Å². The Morgan fingerprint density at radius 1 is 1.22 bits per heavy atom. The Bertz CT molecular complexity index is 921. The third-order valence-electron chi connectivity index (χ3n) is 5.07. The van der Waals surface area contributed by atoms with Crippen molar-refractivity contribution in [3.8, 4) is 5.82 Å². The molecule has 4 rings (SSSR count). The molecule has 2 aromatic heterocycles. The van der Waals surface area contributed by atoms with Crippen molar-refractivity contribution in [2.45, 2.75) is 32.1 Å². The molecule has 6 nitrogen and oxygen atoms in total. The van der Waals surface area contributed by atoms with Crippen LogP contribution in [0.25, 0.3) is 5.82 Å². The van der Waals surface area contributed by atoms with Crippen LogP contribution in [0.3, 0.4) is 0 Å². The maximum absolute atomic E-state index is 12.8. The van der Waals surface area contributed by atoms with Gasteiger partial charge in [-0.1, -0.05) is 25.1 Å². The normalized spacial score (nSPS) is 17.1. The van der Waals surface area contributed by atoms with Crippen LogP contribution in [-0.4, -0.2) is 43.4 Å². The minimum Gasteiger partial charge on any atom is -0.338 e. The van der Waals surface area contributed by atoms with Gasteiger partial charge in [0, 0.05) is 49.6 Å². The van der Waals surface area contributed by atoms with Crippen LogP contribution in [0.5, 0.6) is 0 Å². The van der Waals surface area contributed by atoms with E-state index in [4.69, 9.17) is 4.98 Å². The van der Waals surface area contributed by atoms with Crippen molar-refractivity contribution < 1.29 is 4.79 Å². The van der Waals surface area contributed by atoms with Gasteiger partial charge in [-0.3, -0.25) is 14.3 Å². The van der Waals surface area contributed by atoms with E-state index in [9.17, 15) is 4.79 Å². The van der Waals surface area contributed by atoms with Crippen LogP contribution in [0.1, 0.15) is 47.6 Å². The van der Waals surface area contributed by atoms with Gasteiger partial charge in [-0.15, -0.1) is 0 Å². The highest BCUT2D eigenvalue weighted by atomic mass is 16.2. The van der Waals surface area contributed by atoms with Crippen LogP contribution in [0.4, 0.5) is 0 Å². The van der Waals surface area contributed by atoms with E-state index in [2.05, 4.69) is 16.9 Å². The highest BCUT2D eigenvalue weighted by Gasteiger charge is 2.26. The molecular weight excluding hydrogens is 338 g/mol. The van der Waals surface area contributed by atoms with Crippen molar-refractivity contribution in [2.24, 2.45) is 0 Å². The van der Waals surface area contributed by atoms with E-state index < -0.39 is 0 Å². The van der Waals surface area contributed by atoms with Gasteiger partial charge in [-0.25, -0.2) is 9.97 Å². The first-order valence-electron chi connectivity index (χ1n) is 9.45. The number of imidazole rings is 1. The van der Waals surface area contributed by atoms with E-state index in [0.29, 0.717) is 6.54 Å². The van der Waals surface area contributed by atoms with Crippen molar-refractivity contribution in [2.75, 3.05) is 13.1 Å². The summed E-state index contributed by atoms with van der Waals surface area (Å²) in [6, 6.07) is 9.48. The molecule has 0 aliphatic carbocycles. The van der Waals surface area contributed by atoms with Crippen LogP contribution in [0.15, 0.2) is 55.1 Å². The summed E-state index contributed by atoms with van der Waals surface area (Å²) in [4.78, 5) is 28.3. The third-order valence-corrected chi connectivity index (χ3v) is 5.07. The van der Waals surface area contributed by atoms with E-state index in [1.165, 1.54) is 0 Å². The van der Waals surface area contributed by atoms with Gasteiger partial charge in [-0.2, -0.15) is 0 Å². The second kappa shape index (κ2) is 7.70. The third kappa shape index (κ3) is 3.60. The zero-order valence-corrected chi connectivity index (χ0v) is 15.5. The Morgan fingerprint density at radius 2 is 2.07 bits per heavy atom. The number of carbonyl (C=O) groups is 1. The summed E-state index contributed by atoms with van der Waals surface area (Å²) in [6.07, 6.45) is 10.1.